The normalized spacial score (nSPS) is 15.6. The zero-order valence-electron chi connectivity index (χ0n) is 10.8. The second-order valence-corrected chi connectivity index (χ2v) is 5.61. The first-order valence-electron chi connectivity index (χ1n) is 6.61. The molecule has 0 atom stereocenters. The molecule has 1 aromatic rings. The van der Waals surface area contributed by atoms with Gasteiger partial charge in [-0.1, -0.05) is 36.7 Å². The molecule has 3 N–H and O–H groups in total. The average Bonchev–Trinajstić information content (AvgIpc) is 2.87. The van der Waals surface area contributed by atoms with Gasteiger partial charge in [-0.25, -0.2) is 0 Å². The van der Waals surface area contributed by atoms with Crippen LogP contribution < -0.4 is 11.1 Å². The number of hydrogen-bond donors (Lipinski definition) is 2. The van der Waals surface area contributed by atoms with Crippen LogP contribution in [0.15, 0.2) is 18.2 Å². The maximum absolute atomic E-state index is 6.10. The third-order valence-electron chi connectivity index (χ3n) is 3.32. The lowest BCUT2D eigenvalue weighted by atomic mass is 10.2. The lowest BCUT2D eigenvalue weighted by Crippen LogP contribution is -2.15. The van der Waals surface area contributed by atoms with Gasteiger partial charge < -0.3 is 15.8 Å². The molecule has 0 radical (unpaired) electrons. The van der Waals surface area contributed by atoms with E-state index < -0.39 is 0 Å². The molecule has 1 saturated carbocycles. The summed E-state index contributed by atoms with van der Waals surface area (Å²) in [6, 6.07) is 5.60. The molecule has 0 aliphatic heterocycles. The highest BCUT2D eigenvalue weighted by Gasteiger charge is 2.14. The fraction of sp³-hybridized carbons (Fsp3) is 0.500. The van der Waals surface area contributed by atoms with Gasteiger partial charge >= 0.3 is 0 Å². The Bertz CT molecular complexity index is 447. The summed E-state index contributed by atoms with van der Waals surface area (Å²) in [5.74, 6) is 0. The molecule has 0 amide bonds. The molecule has 3 nitrogen and oxygen atoms in total. The van der Waals surface area contributed by atoms with Crippen molar-refractivity contribution < 1.29 is 4.74 Å². The molecule has 0 aromatic heterocycles. The maximum atomic E-state index is 6.10. The van der Waals surface area contributed by atoms with Crippen LogP contribution in [-0.4, -0.2) is 24.2 Å². The van der Waals surface area contributed by atoms with Crippen molar-refractivity contribution in [1.82, 2.24) is 0 Å². The molecule has 1 fully saturated rings. The Hall–Kier alpha value is -0.840. The number of nitrogens with one attached hydrogen (secondary N) is 1. The zero-order chi connectivity index (χ0) is 13.7. The molecule has 0 heterocycles. The van der Waals surface area contributed by atoms with Crippen molar-refractivity contribution in [3.63, 3.8) is 0 Å². The van der Waals surface area contributed by atoms with E-state index in [1.54, 1.807) is 0 Å². The third-order valence-corrected chi connectivity index (χ3v) is 3.85. The van der Waals surface area contributed by atoms with Gasteiger partial charge in [-0.15, -0.1) is 0 Å². The fourth-order valence-electron chi connectivity index (χ4n) is 2.30. The van der Waals surface area contributed by atoms with Gasteiger partial charge in [0, 0.05) is 17.8 Å². The van der Waals surface area contributed by atoms with E-state index in [2.05, 4.69) is 5.32 Å². The number of thiocarbonyl (C=S) groups is 1. The lowest BCUT2D eigenvalue weighted by Gasteiger charge is -2.12. The average molecular weight is 299 g/mol. The summed E-state index contributed by atoms with van der Waals surface area (Å²) in [6.07, 6.45) is 5.47. The van der Waals surface area contributed by atoms with E-state index in [9.17, 15) is 0 Å². The molecule has 0 unspecified atom stereocenters. The summed E-state index contributed by atoms with van der Waals surface area (Å²) < 4.78 is 5.78. The minimum atomic E-state index is 0.320. The Balaban J connectivity index is 1.76. The largest absolute Gasteiger partial charge is 0.389 e. The van der Waals surface area contributed by atoms with E-state index in [-0.39, 0.29) is 0 Å². The van der Waals surface area contributed by atoms with Gasteiger partial charge in [-0.05, 0) is 31.0 Å². The van der Waals surface area contributed by atoms with Crippen molar-refractivity contribution in [2.75, 3.05) is 18.5 Å². The van der Waals surface area contributed by atoms with Gasteiger partial charge in [0.2, 0.25) is 0 Å². The predicted octanol–water partition coefficient (Wildman–Crippen LogP) is 3.35. The Morgan fingerprint density at radius 3 is 2.79 bits per heavy atom. The number of anilines is 1. The molecule has 0 spiro atoms. The van der Waals surface area contributed by atoms with Crippen LogP contribution in [0.5, 0.6) is 0 Å². The number of nitrogens with two attached hydrogens (primary N) is 1. The third kappa shape index (κ3) is 4.34. The molecule has 19 heavy (non-hydrogen) atoms. The van der Waals surface area contributed by atoms with Crippen LogP contribution in [0.3, 0.4) is 0 Å². The van der Waals surface area contributed by atoms with Crippen LogP contribution in [0.2, 0.25) is 5.02 Å². The minimum Gasteiger partial charge on any atom is -0.389 e. The second kappa shape index (κ2) is 7.08. The van der Waals surface area contributed by atoms with E-state index in [1.807, 2.05) is 18.2 Å². The van der Waals surface area contributed by atoms with E-state index in [0.29, 0.717) is 21.7 Å². The van der Waals surface area contributed by atoms with Crippen molar-refractivity contribution in [2.24, 2.45) is 5.73 Å². The summed E-state index contributed by atoms with van der Waals surface area (Å²) in [7, 11) is 0. The summed E-state index contributed by atoms with van der Waals surface area (Å²) in [5.41, 5.74) is 7.23. The van der Waals surface area contributed by atoms with Crippen LogP contribution in [0.25, 0.3) is 0 Å². The number of halogens is 1. The number of ether oxygens (including phenoxy) is 1. The van der Waals surface area contributed by atoms with Crippen molar-refractivity contribution in [1.29, 1.82) is 0 Å². The van der Waals surface area contributed by atoms with Gasteiger partial charge in [0.05, 0.1) is 17.7 Å². The first kappa shape index (κ1) is 14.6. The number of benzene rings is 1. The van der Waals surface area contributed by atoms with Crippen LogP contribution >= 0.6 is 23.8 Å². The molecule has 1 aromatic carbocycles. The summed E-state index contributed by atoms with van der Waals surface area (Å²) in [6.45, 7) is 1.50. The maximum Gasteiger partial charge on any atom is 0.105 e. The number of hydrogen-bond acceptors (Lipinski definition) is 3. The number of rotatable bonds is 6. The Morgan fingerprint density at radius 2 is 2.16 bits per heavy atom. The van der Waals surface area contributed by atoms with Crippen molar-refractivity contribution >= 4 is 34.5 Å². The smallest absolute Gasteiger partial charge is 0.105 e. The standard InChI is InChI=1S/C14H19ClN2OS/c15-13-9-10(5-6-12(13)14(16)19)17-7-8-18-11-3-1-2-4-11/h5-6,9,11,17H,1-4,7-8H2,(H2,16,19). The van der Waals surface area contributed by atoms with Crippen LogP contribution in [-0.2, 0) is 4.74 Å². The fourth-order valence-corrected chi connectivity index (χ4v) is 2.82. The van der Waals surface area contributed by atoms with E-state index >= 15 is 0 Å². The summed E-state index contributed by atoms with van der Waals surface area (Å²) in [5, 5.41) is 3.86. The monoisotopic (exact) mass is 298 g/mol. The second-order valence-electron chi connectivity index (χ2n) is 4.76. The highest BCUT2D eigenvalue weighted by atomic mass is 35.5. The van der Waals surface area contributed by atoms with Crippen LogP contribution in [0.4, 0.5) is 5.69 Å². The minimum absolute atomic E-state index is 0.320. The highest BCUT2D eigenvalue weighted by molar-refractivity contribution is 7.80. The molecule has 1 aliphatic rings. The van der Waals surface area contributed by atoms with E-state index in [0.717, 1.165) is 18.8 Å². The van der Waals surface area contributed by atoms with Crippen LogP contribution in [0, 0.1) is 0 Å². The van der Waals surface area contributed by atoms with Crippen LogP contribution in [0.1, 0.15) is 31.2 Å². The Kier molecular flexibility index (Phi) is 5.43. The quantitative estimate of drug-likeness (QED) is 0.624. The molecule has 5 heteroatoms. The van der Waals surface area contributed by atoms with E-state index in [1.165, 1.54) is 25.7 Å². The molecule has 0 saturated heterocycles. The zero-order valence-corrected chi connectivity index (χ0v) is 12.4. The Labute approximate surface area is 124 Å². The van der Waals surface area contributed by atoms with Gasteiger partial charge in [-0.3, -0.25) is 0 Å². The lowest BCUT2D eigenvalue weighted by molar-refractivity contribution is 0.0659. The predicted molar refractivity (Wildman–Crippen MR) is 84.0 cm³/mol. The van der Waals surface area contributed by atoms with Gasteiger partial charge in [0.1, 0.15) is 4.99 Å². The van der Waals surface area contributed by atoms with E-state index in [4.69, 9.17) is 34.3 Å². The SMILES string of the molecule is NC(=S)c1ccc(NCCOC2CCCC2)cc1Cl. The Morgan fingerprint density at radius 1 is 1.42 bits per heavy atom. The molecular weight excluding hydrogens is 280 g/mol. The van der Waals surface area contributed by atoms with Crippen molar-refractivity contribution in [3.8, 4) is 0 Å². The first-order chi connectivity index (χ1) is 9.16. The highest BCUT2D eigenvalue weighted by Crippen LogP contribution is 2.22. The summed E-state index contributed by atoms with van der Waals surface area (Å²) in [4.78, 5) is 0.320. The topological polar surface area (TPSA) is 47.3 Å². The first-order valence-corrected chi connectivity index (χ1v) is 7.40. The summed E-state index contributed by atoms with van der Waals surface area (Å²) >= 11 is 11.0. The van der Waals surface area contributed by atoms with Crippen molar-refractivity contribution in [3.05, 3.63) is 28.8 Å². The molecule has 1 aliphatic carbocycles. The molecule has 104 valence electrons. The van der Waals surface area contributed by atoms with Gasteiger partial charge in [0.15, 0.2) is 0 Å². The molecule has 0 bridgehead atoms. The van der Waals surface area contributed by atoms with Gasteiger partial charge in [-0.2, -0.15) is 0 Å². The molecular formula is C14H19ClN2OS. The molecule has 2 rings (SSSR count). The van der Waals surface area contributed by atoms with Crippen molar-refractivity contribution in [2.45, 2.75) is 31.8 Å². The van der Waals surface area contributed by atoms with Gasteiger partial charge in [0.25, 0.3) is 0 Å².